The first-order chi connectivity index (χ1) is 13.7. The van der Waals surface area contributed by atoms with E-state index in [4.69, 9.17) is 0 Å². The molecule has 1 aliphatic rings. The predicted octanol–water partition coefficient (Wildman–Crippen LogP) is 3.89. The molecule has 1 aliphatic heterocycles. The molecule has 0 radical (unpaired) electrons. The molecule has 2 heterocycles. The average Bonchev–Trinajstić information content (AvgIpc) is 2.93. The first-order valence-corrected chi connectivity index (χ1v) is 11.3. The topological polar surface area (TPSA) is 99.6 Å². The number of sulfonamides is 1. The lowest BCUT2D eigenvalue weighted by molar-refractivity contribution is 0.0696. The van der Waals surface area contributed by atoms with Crippen LogP contribution in [0, 0.1) is 20.8 Å². The van der Waals surface area contributed by atoms with Crippen molar-refractivity contribution in [1.29, 1.82) is 0 Å². The highest BCUT2D eigenvalue weighted by molar-refractivity contribution is 7.92. The second-order valence-corrected chi connectivity index (χ2v) is 9.26. The molecule has 0 saturated carbocycles. The molecule has 1 aromatic carbocycles. The highest BCUT2D eigenvalue weighted by atomic mass is 32.2. The number of nitrogens with zero attached hydrogens (tertiary/aromatic N) is 2. The molecule has 7 nitrogen and oxygen atoms in total. The number of carbonyl (C=O) groups is 1. The molecule has 0 aliphatic carbocycles. The Morgan fingerprint density at radius 3 is 2.24 bits per heavy atom. The van der Waals surface area contributed by atoms with Gasteiger partial charge in [-0.2, -0.15) is 0 Å². The fraction of sp³-hybridized carbons (Fsp3) is 0.429. The first kappa shape index (κ1) is 21.1. The van der Waals surface area contributed by atoms with Gasteiger partial charge in [0.25, 0.3) is 10.0 Å². The van der Waals surface area contributed by atoms with Crippen LogP contribution >= 0.6 is 0 Å². The summed E-state index contributed by atoms with van der Waals surface area (Å²) in [5.74, 6) is -0.676. The Labute approximate surface area is 171 Å². The van der Waals surface area contributed by atoms with Gasteiger partial charge in [-0.3, -0.25) is 4.72 Å². The maximum absolute atomic E-state index is 13.2. The summed E-state index contributed by atoms with van der Waals surface area (Å²) in [4.78, 5) is 18.0. The van der Waals surface area contributed by atoms with Gasteiger partial charge in [0.1, 0.15) is 0 Å². The number of aromatic carboxylic acids is 1. The molecule has 8 heteroatoms. The molecule has 29 heavy (non-hydrogen) atoms. The molecular formula is C21H27N3O4S. The monoisotopic (exact) mass is 417 g/mol. The lowest BCUT2D eigenvalue weighted by atomic mass is 10.1. The lowest BCUT2D eigenvalue weighted by Crippen LogP contribution is -2.27. The van der Waals surface area contributed by atoms with Crippen molar-refractivity contribution in [3.05, 3.63) is 46.6 Å². The van der Waals surface area contributed by atoms with Crippen molar-refractivity contribution < 1.29 is 18.3 Å². The second-order valence-electron chi connectivity index (χ2n) is 7.61. The van der Waals surface area contributed by atoms with Crippen molar-refractivity contribution in [2.45, 2.75) is 51.3 Å². The highest BCUT2D eigenvalue weighted by Crippen LogP contribution is 2.30. The van der Waals surface area contributed by atoms with Gasteiger partial charge in [-0.1, -0.05) is 18.9 Å². The van der Waals surface area contributed by atoms with Gasteiger partial charge in [0, 0.05) is 19.3 Å². The third-order valence-corrected chi connectivity index (χ3v) is 6.85. The van der Waals surface area contributed by atoms with Crippen LogP contribution in [0.4, 0.5) is 11.5 Å². The number of anilines is 2. The normalized spacial score (nSPS) is 15.1. The van der Waals surface area contributed by atoms with E-state index >= 15 is 0 Å². The predicted molar refractivity (Wildman–Crippen MR) is 113 cm³/mol. The Morgan fingerprint density at radius 2 is 1.62 bits per heavy atom. The molecular weight excluding hydrogens is 390 g/mol. The van der Waals surface area contributed by atoms with E-state index in [1.165, 1.54) is 12.3 Å². The van der Waals surface area contributed by atoms with Crippen LogP contribution in [0.2, 0.25) is 0 Å². The zero-order chi connectivity index (χ0) is 21.2. The third-order valence-electron chi connectivity index (χ3n) is 5.34. The summed E-state index contributed by atoms with van der Waals surface area (Å²) < 4.78 is 28.9. The average molecular weight is 418 g/mol. The Bertz CT molecular complexity index is 1030. The summed E-state index contributed by atoms with van der Waals surface area (Å²) in [5, 5.41) is 9.35. The summed E-state index contributed by atoms with van der Waals surface area (Å²) >= 11 is 0. The number of benzene rings is 1. The smallest absolute Gasteiger partial charge is 0.337 e. The van der Waals surface area contributed by atoms with Crippen LogP contribution in [-0.4, -0.2) is 37.6 Å². The van der Waals surface area contributed by atoms with Crippen LogP contribution in [0.1, 0.15) is 52.7 Å². The van der Waals surface area contributed by atoms with Crippen LogP contribution in [-0.2, 0) is 10.0 Å². The fourth-order valence-corrected chi connectivity index (χ4v) is 4.97. The number of aromatic nitrogens is 1. The van der Waals surface area contributed by atoms with Gasteiger partial charge >= 0.3 is 5.97 Å². The Hall–Kier alpha value is -2.61. The SMILES string of the molecule is Cc1cc(C)c(S(=O)(=O)Nc2cc(C(=O)O)cnc2N2CCCCCC2)cc1C. The molecule has 0 atom stereocenters. The van der Waals surface area contributed by atoms with E-state index in [2.05, 4.69) is 9.71 Å². The second kappa shape index (κ2) is 8.41. The van der Waals surface area contributed by atoms with Crippen molar-refractivity contribution in [3.8, 4) is 0 Å². The zero-order valence-corrected chi connectivity index (χ0v) is 17.8. The number of rotatable bonds is 5. The molecule has 0 amide bonds. The van der Waals surface area contributed by atoms with E-state index in [1.54, 1.807) is 13.0 Å². The number of nitrogens with one attached hydrogen (secondary N) is 1. The molecule has 1 aromatic heterocycles. The van der Waals surface area contributed by atoms with Gasteiger partial charge in [0.15, 0.2) is 5.82 Å². The number of hydrogen-bond acceptors (Lipinski definition) is 5. The number of carboxylic acids is 1. The molecule has 0 unspecified atom stereocenters. The van der Waals surface area contributed by atoms with Gasteiger partial charge in [-0.25, -0.2) is 18.2 Å². The number of hydrogen-bond donors (Lipinski definition) is 2. The zero-order valence-electron chi connectivity index (χ0n) is 17.0. The highest BCUT2D eigenvalue weighted by Gasteiger charge is 2.23. The number of aryl methyl sites for hydroxylation is 3. The molecule has 0 spiro atoms. The summed E-state index contributed by atoms with van der Waals surface area (Å²) in [6.45, 7) is 7.07. The van der Waals surface area contributed by atoms with E-state index in [0.29, 0.717) is 11.4 Å². The van der Waals surface area contributed by atoms with E-state index in [9.17, 15) is 18.3 Å². The first-order valence-electron chi connectivity index (χ1n) is 9.78. The van der Waals surface area contributed by atoms with Crippen LogP contribution in [0.25, 0.3) is 0 Å². The number of carboxylic acid groups (broad SMARTS) is 1. The van der Waals surface area contributed by atoms with E-state index in [1.807, 2.05) is 24.8 Å². The van der Waals surface area contributed by atoms with Crippen LogP contribution in [0.15, 0.2) is 29.3 Å². The van der Waals surface area contributed by atoms with Crippen molar-refractivity contribution in [2.75, 3.05) is 22.7 Å². The summed E-state index contributed by atoms with van der Waals surface area (Å²) in [6.07, 6.45) is 5.50. The van der Waals surface area contributed by atoms with Crippen LogP contribution in [0.3, 0.4) is 0 Å². The molecule has 1 saturated heterocycles. The van der Waals surface area contributed by atoms with Crippen LogP contribution < -0.4 is 9.62 Å². The maximum Gasteiger partial charge on any atom is 0.337 e. The van der Waals surface area contributed by atoms with E-state index in [0.717, 1.165) is 49.9 Å². The van der Waals surface area contributed by atoms with Crippen molar-refractivity contribution in [1.82, 2.24) is 4.98 Å². The van der Waals surface area contributed by atoms with E-state index < -0.39 is 16.0 Å². The van der Waals surface area contributed by atoms with Crippen molar-refractivity contribution in [3.63, 3.8) is 0 Å². The van der Waals surface area contributed by atoms with Gasteiger partial charge in [0.2, 0.25) is 0 Å². The Balaban J connectivity index is 2.05. The molecule has 2 aromatic rings. The maximum atomic E-state index is 13.2. The minimum Gasteiger partial charge on any atom is -0.478 e. The molecule has 156 valence electrons. The van der Waals surface area contributed by atoms with Gasteiger partial charge in [-0.15, -0.1) is 0 Å². The Morgan fingerprint density at radius 1 is 1.00 bits per heavy atom. The lowest BCUT2D eigenvalue weighted by Gasteiger charge is -2.25. The summed E-state index contributed by atoms with van der Waals surface area (Å²) in [6, 6.07) is 4.84. The fourth-order valence-electron chi connectivity index (χ4n) is 3.61. The largest absolute Gasteiger partial charge is 0.478 e. The van der Waals surface area contributed by atoms with Crippen LogP contribution in [0.5, 0.6) is 0 Å². The summed E-state index contributed by atoms with van der Waals surface area (Å²) in [7, 11) is -3.91. The van der Waals surface area contributed by atoms with Gasteiger partial charge < -0.3 is 10.0 Å². The molecule has 3 rings (SSSR count). The molecule has 1 fully saturated rings. The van der Waals surface area contributed by atoms with Gasteiger partial charge in [-0.05, 0) is 62.4 Å². The standard InChI is InChI=1S/C21H27N3O4S/c1-14-10-16(3)19(11-15(14)2)29(27,28)23-18-12-17(21(25)26)13-22-20(18)24-8-6-4-5-7-9-24/h10-13,23H,4-9H2,1-3H3,(H,25,26). The molecule has 0 bridgehead atoms. The van der Waals surface area contributed by atoms with E-state index in [-0.39, 0.29) is 16.1 Å². The van der Waals surface area contributed by atoms with Crippen molar-refractivity contribution >= 4 is 27.5 Å². The quantitative estimate of drug-likeness (QED) is 0.766. The van der Waals surface area contributed by atoms with Crippen molar-refractivity contribution in [2.24, 2.45) is 0 Å². The minimum atomic E-state index is -3.91. The minimum absolute atomic E-state index is 0.0573. The molecule has 2 N–H and O–H groups in total. The Kier molecular flexibility index (Phi) is 6.12. The van der Waals surface area contributed by atoms with Gasteiger partial charge in [0.05, 0.1) is 16.1 Å². The summed E-state index contributed by atoms with van der Waals surface area (Å²) in [5.41, 5.74) is 2.67. The third kappa shape index (κ3) is 4.70. The number of pyridine rings is 1.